The van der Waals surface area contributed by atoms with E-state index < -0.39 is 0 Å². The Balaban J connectivity index is 1.98. The van der Waals surface area contributed by atoms with Crippen LogP contribution >= 0.6 is 0 Å². The quantitative estimate of drug-likeness (QED) is 0.797. The molecule has 1 heterocycles. The maximum absolute atomic E-state index is 4.20. The first kappa shape index (κ1) is 10.6. The maximum Gasteiger partial charge on any atom is 0.0303 e. The van der Waals surface area contributed by atoms with Crippen LogP contribution in [0.2, 0.25) is 0 Å². The van der Waals surface area contributed by atoms with E-state index in [4.69, 9.17) is 0 Å². The Bertz CT molecular complexity index is 291. The van der Waals surface area contributed by atoms with Gasteiger partial charge in [0.2, 0.25) is 0 Å². The van der Waals surface area contributed by atoms with Gasteiger partial charge in [-0.25, -0.2) is 0 Å². The van der Waals surface area contributed by atoms with Crippen molar-refractivity contribution in [1.29, 1.82) is 0 Å². The molecule has 1 N–H and O–H groups in total. The molecule has 82 valence electrons. The van der Waals surface area contributed by atoms with Gasteiger partial charge in [0, 0.05) is 30.9 Å². The molecule has 0 bridgehead atoms. The van der Waals surface area contributed by atoms with Gasteiger partial charge >= 0.3 is 0 Å². The van der Waals surface area contributed by atoms with Gasteiger partial charge in [0.15, 0.2) is 0 Å². The minimum Gasteiger partial charge on any atom is -0.313 e. The summed E-state index contributed by atoms with van der Waals surface area (Å²) in [7, 11) is 0. The molecule has 1 aromatic rings. The van der Waals surface area contributed by atoms with E-state index in [-0.39, 0.29) is 0 Å². The average molecular weight is 204 g/mol. The third-order valence-electron chi connectivity index (χ3n) is 3.12. The average Bonchev–Trinajstić information content (AvgIpc) is 3.03. The monoisotopic (exact) mass is 204 g/mol. The fraction of sp³-hybridized carbons (Fsp3) is 0.615. The second kappa shape index (κ2) is 4.75. The summed E-state index contributed by atoms with van der Waals surface area (Å²) in [6.07, 6.45) is 6.56. The molecule has 0 radical (unpaired) electrons. The first-order valence-electron chi connectivity index (χ1n) is 5.90. The Labute approximate surface area is 92.1 Å². The Morgan fingerprint density at radius 1 is 1.47 bits per heavy atom. The standard InChI is InChI=1S/C13H20N2/c1-10(2)13(9-15-12-5-6-12)11-4-3-7-14-8-11/h3-4,7-8,10,12-13,15H,5-6,9H2,1-2H3. The first-order valence-corrected chi connectivity index (χ1v) is 5.90. The van der Waals surface area contributed by atoms with Crippen LogP contribution in [0.15, 0.2) is 24.5 Å². The third-order valence-corrected chi connectivity index (χ3v) is 3.12. The van der Waals surface area contributed by atoms with Crippen LogP contribution in [0.1, 0.15) is 38.2 Å². The second-order valence-electron chi connectivity index (χ2n) is 4.82. The normalized spacial score (nSPS) is 18.1. The highest BCUT2D eigenvalue weighted by Crippen LogP contribution is 2.25. The molecule has 1 aliphatic carbocycles. The van der Waals surface area contributed by atoms with Gasteiger partial charge in [-0.1, -0.05) is 19.9 Å². The Kier molecular flexibility index (Phi) is 3.37. The summed E-state index contributed by atoms with van der Waals surface area (Å²) in [6.45, 7) is 5.66. The Morgan fingerprint density at radius 2 is 2.27 bits per heavy atom. The number of pyridine rings is 1. The van der Waals surface area contributed by atoms with Gasteiger partial charge in [0.25, 0.3) is 0 Å². The largest absolute Gasteiger partial charge is 0.313 e. The van der Waals surface area contributed by atoms with Crippen LogP contribution in [0.25, 0.3) is 0 Å². The van der Waals surface area contributed by atoms with Crippen LogP contribution in [0.4, 0.5) is 0 Å². The molecular formula is C13H20N2. The molecule has 1 atom stereocenters. The van der Waals surface area contributed by atoms with Crippen molar-refractivity contribution < 1.29 is 0 Å². The second-order valence-corrected chi connectivity index (χ2v) is 4.82. The Hall–Kier alpha value is -0.890. The molecule has 0 spiro atoms. The highest BCUT2D eigenvalue weighted by atomic mass is 14.9. The molecule has 2 nitrogen and oxygen atoms in total. The number of rotatable bonds is 5. The fourth-order valence-electron chi connectivity index (χ4n) is 1.91. The first-order chi connectivity index (χ1) is 7.27. The van der Waals surface area contributed by atoms with E-state index in [1.807, 2.05) is 18.5 Å². The van der Waals surface area contributed by atoms with E-state index >= 15 is 0 Å². The van der Waals surface area contributed by atoms with Gasteiger partial charge in [0.05, 0.1) is 0 Å². The van der Waals surface area contributed by atoms with Gasteiger partial charge < -0.3 is 5.32 Å². The smallest absolute Gasteiger partial charge is 0.0303 e. The lowest BCUT2D eigenvalue weighted by molar-refractivity contribution is 0.459. The van der Waals surface area contributed by atoms with Crippen LogP contribution < -0.4 is 5.32 Å². The minimum absolute atomic E-state index is 0.597. The third kappa shape index (κ3) is 3.03. The predicted octanol–water partition coefficient (Wildman–Crippen LogP) is 2.57. The van der Waals surface area contributed by atoms with Crippen molar-refractivity contribution in [2.75, 3.05) is 6.54 Å². The van der Waals surface area contributed by atoms with E-state index in [1.165, 1.54) is 18.4 Å². The highest BCUT2D eigenvalue weighted by Gasteiger charge is 2.23. The van der Waals surface area contributed by atoms with Gasteiger partial charge in [-0.15, -0.1) is 0 Å². The molecule has 0 amide bonds. The number of hydrogen-bond acceptors (Lipinski definition) is 2. The molecular weight excluding hydrogens is 184 g/mol. The lowest BCUT2D eigenvalue weighted by Gasteiger charge is -2.21. The molecule has 0 aliphatic heterocycles. The number of nitrogens with zero attached hydrogens (tertiary/aromatic N) is 1. The molecule has 1 aromatic heterocycles. The molecule has 0 aromatic carbocycles. The molecule has 1 fully saturated rings. The van der Waals surface area contributed by atoms with Gasteiger partial charge in [-0.3, -0.25) is 4.98 Å². The zero-order valence-electron chi connectivity index (χ0n) is 9.61. The van der Waals surface area contributed by atoms with Crippen molar-refractivity contribution in [2.45, 2.75) is 38.6 Å². The van der Waals surface area contributed by atoms with E-state index in [0.717, 1.165) is 12.6 Å². The molecule has 1 aliphatic rings. The number of nitrogens with one attached hydrogen (secondary N) is 1. The summed E-state index contributed by atoms with van der Waals surface area (Å²) in [5.74, 6) is 1.26. The zero-order valence-corrected chi connectivity index (χ0v) is 9.61. The number of hydrogen-bond donors (Lipinski definition) is 1. The topological polar surface area (TPSA) is 24.9 Å². The molecule has 2 heteroatoms. The van der Waals surface area contributed by atoms with E-state index in [2.05, 4.69) is 30.2 Å². The Morgan fingerprint density at radius 3 is 2.80 bits per heavy atom. The lowest BCUT2D eigenvalue weighted by atomic mass is 9.89. The predicted molar refractivity (Wildman–Crippen MR) is 62.8 cm³/mol. The van der Waals surface area contributed by atoms with Crippen LogP contribution in [-0.2, 0) is 0 Å². The summed E-state index contributed by atoms with van der Waals surface area (Å²) in [5.41, 5.74) is 1.36. The zero-order chi connectivity index (χ0) is 10.7. The molecule has 2 rings (SSSR count). The van der Waals surface area contributed by atoms with Crippen molar-refractivity contribution in [3.63, 3.8) is 0 Å². The fourth-order valence-corrected chi connectivity index (χ4v) is 1.91. The van der Waals surface area contributed by atoms with Gasteiger partial charge in [0.1, 0.15) is 0 Å². The van der Waals surface area contributed by atoms with Crippen molar-refractivity contribution >= 4 is 0 Å². The molecule has 0 saturated heterocycles. The summed E-state index contributed by atoms with van der Waals surface area (Å²) < 4.78 is 0. The summed E-state index contributed by atoms with van der Waals surface area (Å²) in [6, 6.07) is 5.01. The minimum atomic E-state index is 0.597. The van der Waals surface area contributed by atoms with Crippen molar-refractivity contribution in [3.05, 3.63) is 30.1 Å². The van der Waals surface area contributed by atoms with Gasteiger partial charge in [-0.2, -0.15) is 0 Å². The van der Waals surface area contributed by atoms with Crippen molar-refractivity contribution in [1.82, 2.24) is 10.3 Å². The van der Waals surface area contributed by atoms with E-state index in [9.17, 15) is 0 Å². The number of aromatic nitrogens is 1. The van der Waals surface area contributed by atoms with E-state index in [0.29, 0.717) is 11.8 Å². The van der Waals surface area contributed by atoms with Crippen molar-refractivity contribution in [3.8, 4) is 0 Å². The maximum atomic E-state index is 4.20. The highest BCUT2D eigenvalue weighted by molar-refractivity contribution is 5.16. The van der Waals surface area contributed by atoms with Gasteiger partial charge in [-0.05, 0) is 30.4 Å². The lowest BCUT2D eigenvalue weighted by Crippen LogP contribution is -2.26. The summed E-state index contributed by atoms with van der Waals surface area (Å²) in [4.78, 5) is 4.20. The van der Waals surface area contributed by atoms with Crippen LogP contribution in [0, 0.1) is 5.92 Å². The van der Waals surface area contributed by atoms with E-state index in [1.54, 1.807) is 0 Å². The van der Waals surface area contributed by atoms with Crippen LogP contribution in [-0.4, -0.2) is 17.6 Å². The molecule has 1 saturated carbocycles. The molecule has 15 heavy (non-hydrogen) atoms. The van der Waals surface area contributed by atoms with Crippen molar-refractivity contribution in [2.24, 2.45) is 5.92 Å². The van der Waals surface area contributed by atoms with Crippen LogP contribution in [0.5, 0.6) is 0 Å². The van der Waals surface area contributed by atoms with Crippen LogP contribution in [0.3, 0.4) is 0 Å². The summed E-state index contributed by atoms with van der Waals surface area (Å²) >= 11 is 0. The molecule has 1 unspecified atom stereocenters. The summed E-state index contributed by atoms with van der Waals surface area (Å²) in [5, 5.41) is 3.61. The SMILES string of the molecule is CC(C)C(CNC1CC1)c1cccnc1.